The van der Waals surface area contributed by atoms with E-state index in [1.165, 1.54) is 58.2 Å². The van der Waals surface area contributed by atoms with E-state index in [9.17, 15) is 0 Å². The van der Waals surface area contributed by atoms with Gasteiger partial charge in [0.2, 0.25) is 0 Å². The maximum Gasteiger partial charge on any atom is 0.00472 e. The minimum atomic E-state index is 0.552. The van der Waals surface area contributed by atoms with Crippen molar-refractivity contribution in [1.82, 2.24) is 10.2 Å². The van der Waals surface area contributed by atoms with Crippen molar-refractivity contribution < 1.29 is 0 Å². The molecule has 1 atom stereocenters. The Morgan fingerprint density at radius 1 is 1.17 bits per heavy atom. The smallest absolute Gasteiger partial charge is 0.00472 e. The Kier molecular flexibility index (Phi) is 7.25. The quantitative estimate of drug-likeness (QED) is 0.713. The average Bonchev–Trinajstić information content (AvgIpc) is 2.37. The molecule has 18 heavy (non-hydrogen) atoms. The molecule has 0 spiro atoms. The maximum absolute atomic E-state index is 3.60. The fourth-order valence-corrected chi connectivity index (χ4v) is 3.38. The highest BCUT2D eigenvalue weighted by Crippen LogP contribution is 2.36. The van der Waals surface area contributed by atoms with Crippen LogP contribution in [0.4, 0.5) is 0 Å². The van der Waals surface area contributed by atoms with Crippen LogP contribution >= 0.6 is 0 Å². The van der Waals surface area contributed by atoms with Gasteiger partial charge in [0, 0.05) is 19.6 Å². The maximum atomic E-state index is 3.60. The second kappa shape index (κ2) is 8.16. The van der Waals surface area contributed by atoms with E-state index in [0.717, 1.165) is 12.5 Å². The normalized spacial score (nSPS) is 21.2. The van der Waals surface area contributed by atoms with Gasteiger partial charge in [-0.3, -0.25) is 0 Å². The summed E-state index contributed by atoms with van der Waals surface area (Å²) in [5, 5.41) is 3.60. The van der Waals surface area contributed by atoms with Gasteiger partial charge in [0.15, 0.2) is 0 Å². The van der Waals surface area contributed by atoms with E-state index >= 15 is 0 Å². The molecule has 0 radical (unpaired) electrons. The second-order valence-corrected chi connectivity index (χ2v) is 6.55. The third-order valence-corrected chi connectivity index (χ3v) is 4.59. The van der Waals surface area contributed by atoms with Crippen LogP contribution in [-0.2, 0) is 0 Å². The van der Waals surface area contributed by atoms with Crippen molar-refractivity contribution in [3.8, 4) is 0 Å². The molecule has 2 heteroatoms. The molecule has 0 aliphatic heterocycles. The van der Waals surface area contributed by atoms with Crippen molar-refractivity contribution in [3.05, 3.63) is 0 Å². The van der Waals surface area contributed by atoms with Gasteiger partial charge in [-0.2, -0.15) is 0 Å². The molecule has 1 aliphatic carbocycles. The molecule has 1 unspecified atom stereocenters. The van der Waals surface area contributed by atoms with Gasteiger partial charge in [-0.15, -0.1) is 0 Å². The fourth-order valence-electron chi connectivity index (χ4n) is 3.38. The molecule has 2 nitrogen and oxygen atoms in total. The van der Waals surface area contributed by atoms with Gasteiger partial charge in [0.05, 0.1) is 0 Å². The molecular weight excluding hydrogens is 220 g/mol. The highest BCUT2D eigenvalue weighted by molar-refractivity contribution is 4.87. The molecule has 0 saturated heterocycles. The zero-order chi connectivity index (χ0) is 13.4. The van der Waals surface area contributed by atoms with Crippen LogP contribution in [0.3, 0.4) is 0 Å². The molecule has 0 amide bonds. The van der Waals surface area contributed by atoms with Crippen LogP contribution in [0.15, 0.2) is 0 Å². The number of nitrogens with zero attached hydrogens (tertiary/aromatic N) is 1. The Balaban J connectivity index is 2.49. The lowest BCUT2D eigenvalue weighted by Crippen LogP contribution is -2.45. The lowest BCUT2D eigenvalue weighted by Gasteiger charge is -2.41. The van der Waals surface area contributed by atoms with Crippen molar-refractivity contribution in [2.75, 3.05) is 33.2 Å². The first kappa shape index (κ1) is 16.0. The van der Waals surface area contributed by atoms with Gasteiger partial charge < -0.3 is 10.2 Å². The molecule has 0 heterocycles. The predicted octanol–water partition coefficient (Wildman–Crippen LogP) is 3.52. The summed E-state index contributed by atoms with van der Waals surface area (Å²) in [5.74, 6) is 0.828. The van der Waals surface area contributed by atoms with Crippen LogP contribution in [0.25, 0.3) is 0 Å². The van der Waals surface area contributed by atoms with Gasteiger partial charge >= 0.3 is 0 Å². The molecule has 1 fully saturated rings. The Labute approximate surface area is 115 Å². The van der Waals surface area contributed by atoms with Crippen LogP contribution in [0, 0.1) is 11.3 Å². The van der Waals surface area contributed by atoms with Crippen molar-refractivity contribution >= 4 is 0 Å². The molecule has 1 aliphatic rings. The number of hydrogen-bond donors (Lipinski definition) is 1. The van der Waals surface area contributed by atoms with Crippen molar-refractivity contribution in [3.63, 3.8) is 0 Å². The standard InChI is InChI=1S/C16H34N2/c1-5-15(3)12-18(4)14-16(13-17-6-2)10-8-7-9-11-16/h15,17H,5-14H2,1-4H3. The highest BCUT2D eigenvalue weighted by atomic mass is 15.1. The average molecular weight is 254 g/mol. The summed E-state index contributed by atoms with van der Waals surface area (Å²) in [5.41, 5.74) is 0.552. The molecule has 108 valence electrons. The molecule has 0 aromatic heterocycles. The van der Waals surface area contributed by atoms with Crippen molar-refractivity contribution in [1.29, 1.82) is 0 Å². The summed E-state index contributed by atoms with van der Waals surface area (Å²) in [6, 6.07) is 0. The number of hydrogen-bond acceptors (Lipinski definition) is 2. The molecule has 0 aromatic carbocycles. The molecule has 1 saturated carbocycles. The lowest BCUT2D eigenvalue weighted by atomic mass is 9.73. The molecule has 1 N–H and O–H groups in total. The first-order valence-corrected chi connectivity index (χ1v) is 8.01. The Morgan fingerprint density at radius 2 is 1.83 bits per heavy atom. The first-order chi connectivity index (χ1) is 8.62. The van der Waals surface area contributed by atoms with E-state index in [-0.39, 0.29) is 0 Å². The summed E-state index contributed by atoms with van der Waals surface area (Å²) in [6.45, 7) is 11.8. The highest BCUT2D eigenvalue weighted by Gasteiger charge is 2.32. The van der Waals surface area contributed by atoms with Gasteiger partial charge in [-0.05, 0) is 37.8 Å². The van der Waals surface area contributed by atoms with E-state index in [1.807, 2.05) is 0 Å². The third-order valence-electron chi connectivity index (χ3n) is 4.59. The Hall–Kier alpha value is -0.0800. The number of nitrogens with one attached hydrogen (secondary N) is 1. The van der Waals surface area contributed by atoms with E-state index < -0.39 is 0 Å². The minimum absolute atomic E-state index is 0.552. The van der Waals surface area contributed by atoms with Crippen LogP contribution in [0.1, 0.15) is 59.3 Å². The van der Waals surface area contributed by atoms with Gasteiger partial charge in [0.25, 0.3) is 0 Å². The zero-order valence-corrected chi connectivity index (χ0v) is 13.1. The van der Waals surface area contributed by atoms with E-state index in [0.29, 0.717) is 5.41 Å². The summed E-state index contributed by atoms with van der Waals surface area (Å²) >= 11 is 0. The number of rotatable bonds is 8. The molecule has 0 bridgehead atoms. The topological polar surface area (TPSA) is 15.3 Å². The van der Waals surface area contributed by atoms with E-state index in [4.69, 9.17) is 0 Å². The fraction of sp³-hybridized carbons (Fsp3) is 1.00. The predicted molar refractivity (Wildman–Crippen MR) is 81.0 cm³/mol. The first-order valence-electron chi connectivity index (χ1n) is 8.01. The summed E-state index contributed by atoms with van der Waals surface area (Å²) < 4.78 is 0. The molecule has 1 rings (SSSR count). The summed E-state index contributed by atoms with van der Waals surface area (Å²) in [4.78, 5) is 2.58. The summed E-state index contributed by atoms with van der Waals surface area (Å²) in [7, 11) is 2.31. The van der Waals surface area contributed by atoms with Gasteiger partial charge in [-0.25, -0.2) is 0 Å². The monoisotopic (exact) mass is 254 g/mol. The molecular formula is C16H34N2. The zero-order valence-electron chi connectivity index (χ0n) is 13.1. The lowest BCUT2D eigenvalue weighted by molar-refractivity contribution is 0.109. The van der Waals surface area contributed by atoms with Crippen molar-refractivity contribution in [2.45, 2.75) is 59.3 Å². The van der Waals surface area contributed by atoms with Crippen LogP contribution < -0.4 is 5.32 Å². The van der Waals surface area contributed by atoms with Crippen LogP contribution in [0.5, 0.6) is 0 Å². The van der Waals surface area contributed by atoms with E-state index in [2.05, 4.69) is 38.0 Å². The Morgan fingerprint density at radius 3 is 2.39 bits per heavy atom. The van der Waals surface area contributed by atoms with Crippen LogP contribution in [-0.4, -0.2) is 38.1 Å². The van der Waals surface area contributed by atoms with Gasteiger partial charge in [0.1, 0.15) is 0 Å². The van der Waals surface area contributed by atoms with Gasteiger partial charge in [-0.1, -0.05) is 46.5 Å². The van der Waals surface area contributed by atoms with Crippen LogP contribution in [0.2, 0.25) is 0 Å². The Bertz CT molecular complexity index is 209. The second-order valence-electron chi connectivity index (χ2n) is 6.55. The third kappa shape index (κ3) is 5.27. The largest absolute Gasteiger partial charge is 0.316 e. The SMILES string of the molecule is CCNCC1(CN(C)CC(C)CC)CCCCC1. The minimum Gasteiger partial charge on any atom is -0.316 e. The summed E-state index contributed by atoms with van der Waals surface area (Å²) in [6.07, 6.45) is 8.45. The molecule has 0 aromatic rings. The van der Waals surface area contributed by atoms with E-state index in [1.54, 1.807) is 0 Å². The van der Waals surface area contributed by atoms with Crippen molar-refractivity contribution in [2.24, 2.45) is 11.3 Å².